The van der Waals surface area contributed by atoms with Gasteiger partial charge in [0.1, 0.15) is 0 Å². The monoisotopic (exact) mass is 441 g/mol. The molecule has 3 rings (SSSR count). The number of halogens is 3. The fourth-order valence-electron chi connectivity index (χ4n) is 3.36. The van der Waals surface area contributed by atoms with Crippen LogP contribution in [0.5, 0.6) is 0 Å². The first-order valence-electron chi connectivity index (χ1n) is 9.25. The Labute approximate surface area is 173 Å². The molecule has 1 atom stereocenters. The van der Waals surface area contributed by atoms with Gasteiger partial charge in [0.25, 0.3) is 0 Å². The molecule has 2 aromatic carbocycles. The Balaban J connectivity index is 1.82. The van der Waals surface area contributed by atoms with E-state index in [1.165, 1.54) is 5.56 Å². The molecular formula is C20H22F3N3O3S. The Bertz CT molecular complexity index is 1050. The Kier molecular flexibility index (Phi) is 6.09. The van der Waals surface area contributed by atoms with Crippen molar-refractivity contribution in [1.29, 1.82) is 0 Å². The molecule has 30 heavy (non-hydrogen) atoms. The minimum atomic E-state index is -4.63. The molecule has 0 aliphatic carbocycles. The lowest BCUT2D eigenvalue weighted by atomic mass is 9.98. The van der Waals surface area contributed by atoms with E-state index in [4.69, 9.17) is 0 Å². The van der Waals surface area contributed by atoms with Crippen LogP contribution < -0.4 is 10.0 Å². The largest absolute Gasteiger partial charge is 0.416 e. The number of sulfonamides is 1. The van der Waals surface area contributed by atoms with E-state index in [0.29, 0.717) is 13.1 Å². The highest BCUT2D eigenvalue weighted by atomic mass is 32.2. The van der Waals surface area contributed by atoms with Crippen LogP contribution in [0.25, 0.3) is 0 Å². The number of carbonyl (C=O) groups excluding carboxylic acids is 1. The molecule has 0 bridgehead atoms. The summed E-state index contributed by atoms with van der Waals surface area (Å²) in [7, 11) is -3.75. The average Bonchev–Trinajstić information content (AvgIpc) is 2.66. The van der Waals surface area contributed by atoms with Crippen LogP contribution >= 0.6 is 0 Å². The fourth-order valence-corrected chi connectivity index (χ4v) is 3.94. The van der Waals surface area contributed by atoms with E-state index in [1.54, 1.807) is 6.92 Å². The van der Waals surface area contributed by atoms with Gasteiger partial charge < -0.3 is 5.32 Å². The Morgan fingerprint density at radius 2 is 1.77 bits per heavy atom. The van der Waals surface area contributed by atoms with Crippen LogP contribution in [0, 0.1) is 0 Å². The summed E-state index contributed by atoms with van der Waals surface area (Å²) in [4.78, 5) is 14.7. The molecule has 6 nitrogen and oxygen atoms in total. The van der Waals surface area contributed by atoms with Crippen LogP contribution in [0.4, 0.5) is 24.5 Å². The molecule has 1 aliphatic rings. The first kappa shape index (κ1) is 22.1. The molecule has 162 valence electrons. The Hall–Kier alpha value is -2.59. The number of nitrogens with one attached hydrogen (secondary N) is 2. The van der Waals surface area contributed by atoms with Gasteiger partial charge in [-0.15, -0.1) is 0 Å². The lowest BCUT2D eigenvalue weighted by Gasteiger charge is -2.33. The van der Waals surface area contributed by atoms with Gasteiger partial charge in [0.05, 0.1) is 29.2 Å². The molecule has 2 aromatic rings. The smallest absolute Gasteiger partial charge is 0.323 e. The highest BCUT2D eigenvalue weighted by Gasteiger charge is 2.32. The van der Waals surface area contributed by atoms with Crippen molar-refractivity contribution < 1.29 is 26.4 Å². The van der Waals surface area contributed by atoms with Crippen molar-refractivity contribution in [3.8, 4) is 0 Å². The summed E-state index contributed by atoms with van der Waals surface area (Å²) >= 11 is 0. The van der Waals surface area contributed by atoms with E-state index < -0.39 is 33.7 Å². The van der Waals surface area contributed by atoms with Crippen LogP contribution in [0.15, 0.2) is 42.5 Å². The van der Waals surface area contributed by atoms with Gasteiger partial charge in [0, 0.05) is 13.1 Å². The van der Waals surface area contributed by atoms with Crippen molar-refractivity contribution in [2.75, 3.05) is 22.8 Å². The molecule has 0 radical (unpaired) electrons. The topological polar surface area (TPSA) is 78.5 Å². The van der Waals surface area contributed by atoms with Crippen molar-refractivity contribution >= 4 is 27.3 Å². The normalized spacial score (nSPS) is 15.9. The number of hydrogen-bond donors (Lipinski definition) is 2. The maximum Gasteiger partial charge on any atom is 0.416 e. The standard InChI is InChI=1S/C20H22F3N3O3S/c1-13(26-10-9-14-5-3-4-6-15(14)12-26)19(27)24-18-11-16(20(21,22)23)7-8-17(18)25-30(2,28)29/h3-8,11,13,25H,9-10,12H2,1-2H3,(H,24,27). The van der Waals surface area contributed by atoms with Crippen LogP contribution in [0.3, 0.4) is 0 Å². The maximum absolute atomic E-state index is 13.1. The number of benzene rings is 2. The Morgan fingerprint density at radius 3 is 2.40 bits per heavy atom. The van der Waals surface area contributed by atoms with Crippen molar-refractivity contribution in [2.24, 2.45) is 0 Å². The van der Waals surface area contributed by atoms with Crippen LogP contribution in [-0.2, 0) is 34.0 Å². The molecule has 1 amide bonds. The number of nitrogens with zero attached hydrogens (tertiary/aromatic N) is 1. The molecule has 1 aliphatic heterocycles. The van der Waals surface area contributed by atoms with E-state index in [2.05, 4.69) is 10.0 Å². The summed E-state index contributed by atoms with van der Waals surface area (Å²) < 4.78 is 64.6. The Morgan fingerprint density at radius 1 is 1.10 bits per heavy atom. The third-order valence-corrected chi connectivity index (χ3v) is 5.58. The van der Waals surface area contributed by atoms with Crippen molar-refractivity contribution in [3.63, 3.8) is 0 Å². The quantitative estimate of drug-likeness (QED) is 0.745. The third kappa shape index (κ3) is 5.31. The number of rotatable bonds is 5. The molecule has 0 aromatic heterocycles. The molecule has 1 unspecified atom stereocenters. The van der Waals surface area contributed by atoms with Crippen molar-refractivity contribution in [2.45, 2.75) is 32.1 Å². The SMILES string of the molecule is CC(C(=O)Nc1cc(C(F)(F)F)ccc1NS(C)(=O)=O)N1CCc2ccccc2C1. The van der Waals surface area contributed by atoms with E-state index in [9.17, 15) is 26.4 Å². The van der Waals surface area contributed by atoms with Gasteiger partial charge in [-0.2, -0.15) is 13.2 Å². The first-order chi connectivity index (χ1) is 13.9. The molecule has 10 heteroatoms. The second-order valence-electron chi connectivity index (χ2n) is 7.29. The predicted molar refractivity (Wildman–Crippen MR) is 109 cm³/mol. The second-order valence-corrected chi connectivity index (χ2v) is 9.04. The second kappa shape index (κ2) is 8.27. The summed E-state index contributed by atoms with van der Waals surface area (Å²) in [6.07, 6.45) is -2.99. The third-order valence-electron chi connectivity index (χ3n) is 4.99. The van der Waals surface area contributed by atoms with Gasteiger partial charge in [-0.25, -0.2) is 8.42 Å². The van der Waals surface area contributed by atoms with E-state index in [0.717, 1.165) is 36.4 Å². The summed E-state index contributed by atoms with van der Waals surface area (Å²) in [5, 5.41) is 2.46. The lowest BCUT2D eigenvalue weighted by molar-refractivity contribution is -0.137. The number of alkyl halides is 3. The van der Waals surface area contributed by atoms with Gasteiger partial charge in [0.15, 0.2) is 0 Å². The number of amides is 1. The van der Waals surface area contributed by atoms with Crippen LogP contribution in [0.1, 0.15) is 23.6 Å². The van der Waals surface area contributed by atoms with E-state index >= 15 is 0 Å². The predicted octanol–water partition coefficient (Wildman–Crippen LogP) is 3.46. The summed E-state index contributed by atoms with van der Waals surface area (Å²) in [6, 6.07) is 9.72. The highest BCUT2D eigenvalue weighted by Crippen LogP contribution is 2.34. The number of fused-ring (bicyclic) bond motifs is 1. The number of carbonyl (C=O) groups is 1. The molecular weight excluding hydrogens is 419 g/mol. The summed E-state index contributed by atoms with van der Waals surface area (Å²) in [5.74, 6) is -0.523. The van der Waals surface area contributed by atoms with Crippen molar-refractivity contribution in [1.82, 2.24) is 4.90 Å². The highest BCUT2D eigenvalue weighted by molar-refractivity contribution is 7.92. The van der Waals surface area contributed by atoms with Gasteiger partial charge in [-0.3, -0.25) is 14.4 Å². The molecule has 0 saturated heterocycles. The minimum Gasteiger partial charge on any atom is -0.323 e. The molecule has 0 fully saturated rings. The van der Waals surface area contributed by atoms with Gasteiger partial charge >= 0.3 is 6.18 Å². The minimum absolute atomic E-state index is 0.130. The van der Waals surface area contributed by atoms with Gasteiger partial charge in [-0.1, -0.05) is 24.3 Å². The zero-order chi connectivity index (χ0) is 22.1. The lowest BCUT2D eigenvalue weighted by Crippen LogP contribution is -2.44. The number of hydrogen-bond acceptors (Lipinski definition) is 4. The van der Waals surface area contributed by atoms with Crippen LogP contribution in [-0.4, -0.2) is 38.1 Å². The van der Waals surface area contributed by atoms with Crippen LogP contribution in [0.2, 0.25) is 0 Å². The van der Waals surface area contributed by atoms with E-state index in [-0.39, 0.29) is 11.4 Å². The van der Waals surface area contributed by atoms with Gasteiger partial charge in [0.2, 0.25) is 15.9 Å². The summed E-state index contributed by atoms with van der Waals surface area (Å²) in [6.45, 7) is 2.84. The van der Waals surface area contributed by atoms with Gasteiger partial charge in [-0.05, 0) is 42.7 Å². The molecule has 2 N–H and O–H groups in total. The average molecular weight is 441 g/mol. The fraction of sp³-hybridized carbons (Fsp3) is 0.350. The first-order valence-corrected chi connectivity index (χ1v) is 11.1. The van der Waals surface area contributed by atoms with E-state index in [1.807, 2.05) is 29.2 Å². The maximum atomic E-state index is 13.1. The van der Waals surface area contributed by atoms with Crippen molar-refractivity contribution in [3.05, 3.63) is 59.2 Å². The molecule has 1 heterocycles. The summed E-state index contributed by atoms with van der Waals surface area (Å²) in [5.41, 5.74) is 0.941. The number of anilines is 2. The zero-order valence-corrected chi connectivity index (χ0v) is 17.3. The molecule has 0 saturated carbocycles. The zero-order valence-electron chi connectivity index (χ0n) is 16.5. The molecule has 0 spiro atoms.